The molecule has 2 rings (SSSR count). The number of ether oxygens (including phenoxy) is 1. The van der Waals surface area contributed by atoms with Crippen LogP contribution >= 0.6 is 0 Å². The van der Waals surface area contributed by atoms with E-state index in [1.54, 1.807) is 62.4 Å². The van der Waals surface area contributed by atoms with Crippen LogP contribution in [0.25, 0.3) is 0 Å². The first-order valence-electron chi connectivity index (χ1n) is 15.2. The van der Waals surface area contributed by atoms with Crippen molar-refractivity contribution in [2.75, 3.05) is 6.54 Å². The van der Waals surface area contributed by atoms with Gasteiger partial charge in [-0.05, 0) is 17.0 Å². The van der Waals surface area contributed by atoms with E-state index in [9.17, 15) is 48.6 Å². The number of carboxylic acid groups (broad SMARTS) is 3. The number of carboxylic acids is 3. The first-order chi connectivity index (χ1) is 23.7. The molecule has 0 bridgehead atoms. The van der Waals surface area contributed by atoms with Crippen molar-refractivity contribution in [3.05, 3.63) is 83.9 Å². The maximum Gasteiger partial charge on any atom is 0.408 e. The Bertz CT molecular complexity index is 1550. The summed E-state index contributed by atoms with van der Waals surface area (Å²) >= 11 is 0. The monoisotopic (exact) mass is 697 g/mol. The van der Waals surface area contributed by atoms with E-state index in [1.165, 1.54) is 12.1 Å². The molecule has 0 saturated heterocycles. The van der Waals surface area contributed by atoms with Crippen molar-refractivity contribution in [1.29, 1.82) is 0 Å². The van der Waals surface area contributed by atoms with E-state index in [1.807, 2.05) is 0 Å². The standard InChI is InChI=1S/C33H39N5O12/c1-19(2)28(31(47)35-22(15-25(40)41)13-14-24(39)34-17-27(44)45)37-32(48)29(21-11-7-4-8-12-21)38-30(46)23(16-26(42)43)36-33(49)50-18-20-9-5-3-6-10-20/h3-14,19,22-23,28-29H,15-18H2,1-2H3,(H,34,39)(H,35,47)(H,36,49)(H,37,48)(H,38,46)(H,40,41)(H,42,43)(H,44,45). The zero-order chi connectivity index (χ0) is 37.2. The van der Waals surface area contributed by atoms with Gasteiger partial charge in [0.25, 0.3) is 0 Å². The minimum Gasteiger partial charge on any atom is -0.481 e. The van der Waals surface area contributed by atoms with E-state index < -0.39 is 97.1 Å². The molecule has 0 aliphatic heterocycles. The molecule has 2 aromatic carbocycles. The van der Waals surface area contributed by atoms with Gasteiger partial charge in [-0.3, -0.25) is 33.6 Å². The van der Waals surface area contributed by atoms with Crippen LogP contribution in [0.1, 0.15) is 43.9 Å². The largest absolute Gasteiger partial charge is 0.481 e. The molecule has 0 aliphatic rings. The van der Waals surface area contributed by atoms with Gasteiger partial charge < -0.3 is 46.6 Å². The molecular weight excluding hydrogens is 658 g/mol. The summed E-state index contributed by atoms with van der Waals surface area (Å²) in [6.07, 6.45) is -0.701. The first kappa shape index (κ1) is 39.9. The van der Waals surface area contributed by atoms with Crippen LogP contribution in [-0.4, -0.2) is 87.6 Å². The summed E-state index contributed by atoms with van der Waals surface area (Å²) in [7, 11) is 0. The van der Waals surface area contributed by atoms with Crippen LogP contribution in [0, 0.1) is 5.92 Å². The highest BCUT2D eigenvalue weighted by Gasteiger charge is 2.33. The summed E-state index contributed by atoms with van der Waals surface area (Å²) in [5.74, 6) is -8.33. The molecule has 5 amide bonds. The van der Waals surface area contributed by atoms with E-state index in [0.717, 1.165) is 12.2 Å². The molecule has 0 aliphatic carbocycles. The van der Waals surface area contributed by atoms with Gasteiger partial charge in [0.2, 0.25) is 23.6 Å². The average Bonchev–Trinajstić information content (AvgIpc) is 3.06. The third-order valence-corrected chi connectivity index (χ3v) is 6.74. The smallest absolute Gasteiger partial charge is 0.408 e. The Labute approximate surface area is 286 Å². The molecule has 50 heavy (non-hydrogen) atoms. The molecule has 0 spiro atoms. The second kappa shape index (κ2) is 20.2. The van der Waals surface area contributed by atoms with Crippen molar-refractivity contribution >= 4 is 47.6 Å². The summed E-state index contributed by atoms with van der Waals surface area (Å²) in [5, 5.41) is 39.1. The van der Waals surface area contributed by atoms with Gasteiger partial charge in [0, 0.05) is 6.08 Å². The van der Waals surface area contributed by atoms with Crippen LogP contribution in [0.15, 0.2) is 72.8 Å². The summed E-state index contributed by atoms with van der Waals surface area (Å²) in [6.45, 7) is 2.31. The first-order valence-corrected chi connectivity index (χ1v) is 15.2. The Balaban J connectivity index is 2.24. The Hall–Kier alpha value is -6.26. The number of alkyl carbamates (subject to hydrolysis) is 1. The van der Waals surface area contributed by atoms with Crippen molar-refractivity contribution in [3.63, 3.8) is 0 Å². The van der Waals surface area contributed by atoms with Crippen molar-refractivity contribution in [3.8, 4) is 0 Å². The highest BCUT2D eigenvalue weighted by Crippen LogP contribution is 2.16. The Morgan fingerprint density at radius 3 is 1.86 bits per heavy atom. The normalized spacial score (nSPS) is 13.2. The van der Waals surface area contributed by atoms with Gasteiger partial charge in [0.1, 0.15) is 31.3 Å². The lowest BCUT2D eigenvalue weighted by Gasteiger charge is -2.27. The number of carbonyl (C=O) groups is 8. The van der Waals surface area contributed by atoms with Gasteiger partial charge in [0.15, 0.2) is 0 Å². The maximum absolute atomic E-state index is 13.7. The molecule has 268 valence electrons. The van der Waals surface area contributed by atoms with Crippen LogP contribution in [0.4, 0.5) is 4.79 Å². The second-order valence-corrected chi connectivity index (χ2v) is 11.1. The van der Waals surface area contributed by atoms with E-state index in [4.69, 9.17) is 9.84 Å². The molecule has 17 heteroatoms. The van der Waals surface area contributed by atoms with Crippen molar-refractivity contribution in [1.82, 2.24) is 26.6 Å². The van der Waals surface area contributed by atoms with Crippen molar-refractivity contribution in [2.45, 2.75) is 57.5 Å². The predicted molar refractivity (Wildman–Crippen MR) is 174 cm³/mol. The summed E-state index contributed by atoms with van der Waals surface area (Å²) < 4.78 is 5.11. The van der Waals surface area contributed by atoms with E-state index >= 15 is 0 Å². The SMILES string of the molecule is CC(C)C(NC(=O)C(NC(=O)C(CC(=O)O)NC(=O)OCc1ccccc1)c1ccccc1)C(=O)NC(C=CC(=O)NCC(=O)O)CC(=O)O. The lowest BCUT2D eigenvalue weighted by molar-refractivity contribution is -0.140. The molecule has 0 radical (unpaired) electrons. The van der Waals surface area contributed by atoms with Crippen LogP contribution in [0.5, 0.6) is 0 Å². The summed E-state index contributed by atoms with van der Waals surface area (Å²) in [4.78, 5) is 98.4. The molecule has 4 atom stereocenters. The third-order valence-electron chi connectivity index (χ3n) is 6.74. The van der Waals surface area contributed by atoms with E-state index in [-0.39, 0.29) is 12.2 Å². The Morgan fingerprint density at radius 1 is 0.700 bits per heavy atom. The van der Waals surface area contributed by atoms with Crippen LogP contribution in [0.2, 0.25) is 0 Å². The molecule has 0 heterocycles. The van der Waals surface area contributed by atoms with Gasteiger partial charge in [-0.25, -0.2) is 4.79 Å². The predicted octanol–water partition coefficient (Wildman–Crippen LogP) is 0.471. The maximum atomic E-state index is 13.7. The molecule has 8 N–H and O–H groups in total. The number of aliphatic carboxylic acids is 3. The van der Waals surface area contributed by atoms with Gasteiger partial charge >= 0.3 is 24.0 Å². The third kappa shape index (κ3) is 14.7. The number of rotatable bonds is 19. The van der Waals surface area contributed by atoms with Crippen molar-refractivity contribution < 1.29 is 58.4 Å². The molecular formula is C33H39N5O12. The minimum atomic E-state index is -1.67. The minimum absolute atomic E-state index is 0.164. The lowest BCUT2D eigenvalue weighted by Crippen LogP contribution is -2.56. The molecule has 2 aromatic rings. The van der Waals surface area contributed by atoms with Crippen LogP contribution < -0.4 is 26.6 Å². The molecule has 0 saturated carbocycles. The number of benzene rings is 2. The summed E-state index contributed by atoms with van der Waals surface area (Å²) in [6, 6.07) is 10.6. The summed E-state index contributed by atoms with van der Waals surface area (Å²) in [5.41, 5.74) is 0.874. The fourth-order valence-electron chi connectivity index (χ4n) is 4.30. The van der Waals surface area contributed by atoms with Crippen molar-refractivity contribution in [2.24, 2.45) is 5.92 Å². The lowest BCUT2D eigenvalue weighted by atomic mass is 10.00. The number of carbonyl (C=O) groups excluding carboxylic acids is 5. The zero-order valence-electron chi connectivity index (χ0n) is 27.2. The number of amides is 5. The Kier molecular flexibility index (Phi) is 16.1. The van der Waals surface area contributed by atoms with Gasteiger partial charge in [0.05, 0.1) is 18.9 Å². The molecule has 17 nitrogen and oxygen atoms in total. The topological polar surface area (TPSA) is 267 Å². The van der Waals surface area contributed by atoms with Gasteiger partial charge in [-0.1, -0.05) is 80.6 Å². The van der Waals surface area contributed by atoms with Gasteiger partial charge in [-0.15, -0.1) is 0 Å². The fourth-order valence-corrected chi connectivity index (χ4v) is 4.30. The average molecular weight is 698 g/mol. The molecule has 0 fully saturated rings. The second-order valence-electron chi connectivity index (χ2n) is 11.1. The molecule has 4 unspecified atom stereocenters. The number of hydrogen-bond donors (Lipinski definition) is 8. The molecule has 0 aromatic heterocycles. The zero-order valence-corrected chi connectivity index (χ0v) is 27.2. The van der Waals surface area contributed by atoms with Crippen LogP contribution in [0.3, 0.4) is 0 Å². The van der Waals surface area contributed by atoms with Crippen LogP contribution in [-0.2, 0) is 44.9 Å². The highest BCUT2D eigenvalue weighted by atomic mass is 16.5. The van der Waals surface area contributed by atoms with E-state index in [0.29, 0.717) is 5.56 Å². The number of hydrogen-bond acceptors (Lipinski definition) is 9. The van der Waals surface area contributed by atoms with E-state index in [2.05, 4.69) is 26.6 Å². The Morgan fingerprint density at radius 2 is 1.30 bits per heavy atom. The highest BCUT2D eigenvalue weighted by molar-refractivity contribution is 5.96. The fraction of sp³-hybridized carbons (Fsp3) is 0.333. The number of nitrogens with one attached hydrogen (secondary N) is 5. The quantitative estimate of drug-likeness (QED) is 0.0932. The van der Waals surface area contributed by atoms with Gasteiger partial charge in [-0.2, -0.15) is 0 Å².